The molecule has 2 saturated carbocycles. The van der Waals surface area contributed by atoms with Crippen LogP contribution in [0.15, 0.2) is 0 Å². The molecule has 0 radical (unpaired) electrons. The van der Waals surface area contributed by atoms with Crippen LogP contribution in [0.5, 0.6) is 0 Å². The summed E-state index contributed by atoms with van der Waals surface area (Å²) in [4.78, 5) is 11.5. The Hall–Kier alpha value is -0.530. The predicted octanol–water partition coefficient (Wildman–Crippen LogP) is 2.24. The number of rotatable bonds is 3. The van der Waals surface area contributed by atoms with E-state index in [0.29, 0.717) is 17.9 Å². The van der Waals surface area contributed by atoms with E-state index in [2.05, 4.69) is 5.32 Å². The maximum atomic E-state index is 11.5. The largest absolute Gasteiger partial charge is 0.353 e. The van der Waals surface area contributed by atoms with Crippen molar-refractivity contribution in [3.63, 3.8) is 0 Å². The molecule has 2 fully saturated rings. The van der Waals surface area contributed by atoms with Gasteiger partial charge in [0, 0.05) is 12.5 Å². The minimum absolute atomic E-state index is 0.300. The summed E-state index contributed by atoms with van der Waals surface area (Å²) >= 11 is 0. The second-order valence-corrected chi connectivity index (χ2v) is 4.55. The third kappa shape index (κ3) is 3.02. The highest BCUT2D eigenvalue weighted by molar-refractivity contribution is 5.76. The molecule has 0 saturated heterocycles. The molecule has 0 aromatic carbocycles. The van der Waals surface area contributed by atoms with Crippen molar-refractivity contribution in [2.45, 2.75) is 57.4 Å². The van der Waals surface area contributed by atoms with E-state index in [0.717, 1.165) is 6.42 Å². The topological polar surface area (TPSA) is 29.1 Å². The molecule has 0 aliphatic heterocycles. The molecule has 2 aliphatic carbocycles. The van der Waals surface area contributed by atoms with E-state index in [4.69, 9.17) is 0 Å². The average Bonchev–Trinajstić information content (AvgIpc) is 2.90. The molecule has 0 aromatic rings. The summed E-state index contributed by atoms with van der Waals surface area (Å²) in [6.07, 6.45) is 9.79. The maximum absolute atomic E-state index is 11.5. The molecular weight excluding hydrogens is 162 g/mol. The van der Waals surface area contributed by atoms with Crippen molar-refractivity contribution in [2.24, 2.45) is 5.92 Å². The Morgan fingerprint density at radius 1 is 1.08 bits per heavy atom. The molecule has 1 N–H and O–H groups in total. The zero-order valence-corrected chi connectivity index (χ0v) is 8.22. The second kappa shape index (κ2) is 4.12. The molecule has 0 aromatic heterocycles. The van der Waals surface area contributed by atoms with Crippen LogP contribution < -0.4 is 5.32 Å². The predicted molar refractivity (Wildman–Crippen MR) is 52.4 cm³/mol. The van der Waals surface area contributed by atoms with Crippen LogP contribution in [-0.2, 0) is 4.79 Å². The van der Waals surface area contributed by atoms with Gasteiger partial charge in [0.25, 0.3) is 0 Å². The summed E-state index contributed by atoms with van der Waals surface area (Å²) in [5.41, 5.74) is 0. The van der Waals surface area contributed by atoms with Crippen molar-refractivity contribution in [3.05, 3.63) is 0 Å². The summed E-state index contributed by atoms with van der Waals surface area (Å²) < 4.78 is 0. The van der Waals surface area contributed by atoms with Gasteiger partial charge < -0.3 is 5.32 Å². The molecule has 1 amide bonds. The number of carbonyl (C=O) groups is 1. The molecule has 0 heterocycles. The van der Waals surface area contributed by atoms with Gasteiger partial charge in [-0.3, -0.25) is 4.79 Å². The van der Waals surface area contributed by atoms with Crippen LogP contribution >= 0.6 is 0 Å². The monoisotopic (exact) mass is 181 g/mol. The molecule has 2 heteroatoms. The first-order valence-electron chi connectivity index (χ1n) is 5.64. The normalized spacial score (nSPS) is 24.3. The first-order chi connectivity index (χ1) is 6.34. The highest BCUT2D eigenvalue weighted by atomic mass is 16.1. The average molecular weight is 181 g/mol. The summed E-state index contributed by atoms with van der Waals surface area (Å²) in [5.74, 6) is 0.988. The molecule has 2 nitrogen and oxygen atoms in total. The van der Waals surface area contributed by atoms with E-state index in [-0.39, 0.29) is 0 Å². The van der Waals surface area contributed by atoms with Crippen LogP contribution in [0.3, 0.4) is 0 Å². The molecule has 0 unspecified atom stereocenters. The van der Waals surface area contributed by atoms with Gasteiger partial charge in [-0.25, -0.2) is 0 Å². The molecule has 2 rings (SSSR count). The Morgan fingerprint density at radius 3 is 2.38 bits per heavy atom. The fraction of sp³-hybridized carbons (Fsp3) is 0.909. The molecule has 2 aliphatic rings. The van der Waals surface area contributed by atoms with Gasteiger partial charge in [0.2, 0.25) is 5.91 Å². The molecule has 13 heavy (non-hydrogen) atoms. The third-order valence-electron chi connectivity index (χ3n) is 3.14. The minimum Gasteiger partial charge on any atom is -0.353 e. The lowest BCUT2D eigenvalue weighted by Crippen LogP contribution is -2.27. The summed E-state index contributed by atoms with van der Waals surface area (Å²) in [6.45, 7) is 0. The van der Waals surface area contributed by atoms with Crippen molar-refractivity contribution >= 4 is 5.91 Å². The van der Waals surface area contributed by atoms with Crippen molar-refractivity contribution in [1.82, 2.24) is 5.32 Å². The minimum atomic E-state index is 0.300. The van der Waals surface area contributed by atoms with Crippen molar-refractivity contribution < 1.29 is 4.79 Å². The van der Waals surface area contributed by atoms with E-state index < -0.39 is 0 Å². The Labute approximate surface area is 80.1 Å². The van der Waals surface area contributed by atoms with Crippen molar-refractivity contribution in [3.8, 4) is 0 Å². The fourth-order valence-electron chi connectivity index (χ4n) is 2.17. The fourth-order valence-corrected chi connectivity index (χ4v) is 2.17. The number of nitrogens with one attached hydrogen (secondary N) is 1. The standard InChI is InChI=1S/C11H19NO/c13-11(12-10-6-7-10)8-9-4-2-1-3-5-9/h9-10H,1-8H2,(H,12,13). The summed E-state index contributed by atoms with van der Waals surface area (Å²) in [6, 6.07) is 0.538. The molecular formula is C11H19NO. The number of carbonyl (C=O) groups excluding carboxylic acids is 1. The number of hydrogen-bond donors (Lipinski definition) is 1. The lowest BCUT2D eigenvalue weighted by molar-refractivity contribution is -0.122. The summed E-state index contributed by atoms with van der Waals surface area (Å²) in [7, 11) is 0. The highest BCUT2D eigenvalue weighted by Gasteiger charge is 2.24. The maximum Gasteiger partial charge on any atom is 0.220 e. The zero-order valence-electron chi connectivity index (χ0n) is 8.22. The van der Waals surface area contributed by atoms with Gasteiger partial charge >= 0.3 is 0 Å². The highest BCUT2D eigenvalue weighted by Crippen LogP contribution is 2.26. The van der Waals surface area contributed by atoms with E-state index in [1.165, 1.54) is 44.9 Å². The van der Waals surface area contributed by atoms with E-state index >= 15 is 0 Å². The Morgan fingerprint density at radius 2 is 1.77 bits per heavy atom. The lowest BCUT2D eigenvalue weighted by atomic mass is 9.87. The SMILES string of the molecule is O=C(CC1CCCCC1)NC1CC1. The Balaban J connectivity index is 1.66. The van der Waals surface area contributed by atoms with Crippen LogP contribution in [-0.4, -0.2) is 11.9 Å². The van der Waals surface area contributed by atoms with Gasteiger partial charge in [-0.05, 0) is 31.6 Å². The van der Waals surface area contributed by atoms with Gasteiger partial charge in [0.1, 0.15) is 0 Å². The van der Waals surface area contributed by atoms with Gasteiger partial charge in [-0.15, -0.1) is 0 Å². The van der Waals surface area contributed by atoms with Crippen LogP contribution in [0.4, 0.5) is 0 Å². The van der Waals surface area contributed by atoms with E-state index in [1.807, 2.05) is 0 Å². The third-order valence-corrected chi connectivity index (χ3v) is 3.14. The van der Waals surface area contributed by atoms with Gasteiger partial charge in [0.15, 0.2) is 0 Å². The number of hydrogen-bond acceptors (Lipinski definition) is 1. The van der Waals surface area contributed by atoms with Gasteiger partial charge in [0.05, 0.1) is 0 Å². The zero-order chi connectivity index (χ0) is 9.10. The summed E-state index contributed by atoms with van der Waals surface area (Å²) in [5, 5.41) is 3.06. The van der Waals surface area contributed by atoms with Gasteiger partial charge in [-0.2, -0.15) is 0 Å². The van der Waals surface area contributed by atoms with Gasteiger partial charge in [-0.1, -0.05) is 19.3 Å². The van der Waals surface area contributed by atoms with Crippen molar-refractivity contribution in [2.75, 3.05) is 0 Å². The van der Waals surface area contributed by atoms with Crippen LogP contribution in [0.2, 0.25) is 0 Å². The molecule has 0 atom stereocenters. The quantitative estimate of drug-likeness (QED) is 0.710. The first-order valence-corrected chi connectivity index (χ1v) is 5.64. The number of amides is 1. The molecule has 74 valence electrons. The van der Waals surface area contributed by atoms with Crippen LogP contribution in [0.1, 0.15) is 51.4 Å². The molecule has 0 spiro atoms. The van der Waals surface area contributed by atoms with Crippen LogP contribution in [0.25, 0.3) is 0 Å². The van der Waals surface area contributed by atoms with Crippen molar-refractivity contribution in [1.29, 1.82) is 0 Å². The Bertz CT molecular complexity index is 181. The smallest absolute Gasteiger partial charge is 0.220 e. The van der Waals surface area contributed by atoms with E-state index in [1.54, 1.807) is 0 Å². The Kier molecular flexibility index (Phi) is 2.87. The molecule has 0 bridgehead atoms. The second-order valence-electron chi connectivity index (χ2n) is 4.55. The van der Waals surface area contributed by atoms with E-state index in [9.17, 15) is 4.79 Å². The van der Waals surface area contributed by atoms with Crippen LogP contribution in [0, 0.1) is 5.92 Å². The lowest BCUT2D eigenvalue weighted by Gasteiger charge is -2.20. The first kappa shape index (κ1) is 9.04.